The van der Waals surface area contributed by atoms with Crippen LogP contribution in [0.5, 0.6) is 0 Å². The van der Waals surface area contributed by atoms with Crippen LogP contribution in [0.1, 0.15) is 12.6 Å². The molecule has 3 rings (SSSR count). The molecule has 2 aromatic rings. The van der Waals surface area contributed by atoms with Crippen molar-refractivity contribution in [1.82, 2.24) is 14.6 Å². The van der Waals surface area contributed by atoms with Gasteiger partial charge in [-0.15, -0.1) is 0 Å². The molecule has 2 amide bonds. The molecule has 6 nitrogen and oxygen atoms in total. The minimum atomic E-state index is -4.55. The Hall–Kier alpha value is -2.32. The first-order valence-corrected chi connectivity index (χ1v) is 5.72. The lowest BCUT2D eigenvalue weighted by molar-refractivity contribution is -0.181. The second-order valence-electron chi connectivity index (χ2n) is 4.85. The Labute approximate surface area is 111 Å². The lowest BCUT2D eigenvalue weighted by atomic mass is 9.88. The van der Waals surface area contributed by atoms with Crippen LogP contribution in [0.3, 0.4) is 0 Å². The van der Waals surface area contributed by atoms with Crippen LogP contribution in [0.25, 0.3) is 5.65 Å². The Morgan fingerprint density at radius 2 is 2.20 bits per heavy atom. The first-order valence-electron chi connectivity index (χ1n) is 5.72. The van der Waals surface area contributed by atoms with Crippen LogP contribution < -0.4 is 10.6 Å². The van der Waals surface area contributed by atoms with Crippen LogP contribution in [-0.2, 0) is 5.41 Å². The van der Waals surface area contributed by atoms with E-state index >= 15 is 0 Å². The number of carbonyl (C=O) groups excluding carboxylic acids is 1. The number of rotatable bonds is 0. The fourth-order valence-corrected chi connectivity index (χ4v) is 2.47. The van der Waals surface area contributed by atoms with Gasteiger partial charge in [0.2, 0.25) is 0 Å². The number of amides is 2. The van der Waals surface area contributed by atoms with Crippen molar-refractivity contribution in [1.29, 1.82) is 0 Å². The number of hydrogen-bond acceptors (Lipinski definition) is 3. The van der Waals surface area contributed by atoms with Crippen molar-refractivity contribution in [2.45, 2.75) is 18.5 Å². The largest absolute Gasteiger partial charge is 0.401 e. The number of hydrogen-bond donors (Lipinski definition) is 1. The van der Waals surface area contributed by atoms with Crippen molar-refractivity contribution >= 4 is 17.4 Å². The van der Waals surface area contributed by atoms with Crippen molar-refractivity contribution in [2.75, 3.05) is 11.4 Å². The average molecular weight is 285 g/mol. The van der Waals surface area contributed by atoms with Crippen LogP contribution in [0, 0.1) is 0 Å². The number of anilines is 1. The van der Waals surface area contributed by atoms with Gasteiger partial charge in [0.1, 0.15) is 5.41 Å². The number of nitrogens with zero attached hydrogens (tertiary/aromatic N) is 4. The molecule has 1 aliphatic rings. The van der Waals surface area contributed by atoms with Crippen molar-refractivity contribution in [3.8, 4) is 0 Å². The highest BCUT2D eigenvalue weighted by molar-refractivity contribution is 5.93. The topological polar surface area (TPSA) is 76.5 Å². The number of fused-ring (bicyclic) bond motifs is 3. The first kappa shape index (κ1) is 12.7. The summed E-state index contributed by atoms with van der Waals surface area (Å²) in [6.07, 6.45) is -1.98. The molecule has 0 aromatic carbocycles. The van der Waals surface area contributed by atoms with E-state index in [0.717, 1.165) is 16.3 Å². The SMILES string of the molecule is CC1(C(F)(F)F)CN(C(N)=O)c2cnc3ccnn3c21. The van der Waals surface area contributed by atoms with Gasteiger partial charge in [0.25, 0.3) is 0 Å². The van der Waals surface area contributed by atoms with Gasteiger partial charge in [-0.05, 0) is 6.92 Å². The summed E-state index contributed by atoms with van der Waals surface area (Å²) in [5, 5.41) is 3.87. The molecule has 106 valence electrons. The maximum absolute atomic E-state index is 13.5. The van der Waals surface area contributed by atoms with Crippen LogP contribution in [0.4, 0.5) is 23.7 Å². The van der Waals surface area contributed by atoms with E-state index in [9.17, 15) is 18.0 Å². The molecular formula is C11H10F3N5O. The van der Waals surface area contributed by atoms with Crippen LogP contribution in [0.15, 0.2) is 18.5 Å². The molecule has 20 heavy (non-hydrogen) atoms. The van der Waals surface area contributed by atoms with E-state index in [1.807, 2.05) is 0 Å². The Balaban J connectivity index is 2.36. The van der Waals surface area contributed by atoms with Gasteiger partial charge in [-0.1, -0.05) is 0 Å². The third kappa shape index (κ3) is 1.43. The number of carbonyl (C=O) groups is 1. The summed E-state index contributed by atoms with van der Waals surface area (Å²) in [5.74, 6) is 0. The normalized spacial score (nSPS) is 22.3. The first-order chi connectivity index (χ1) is 9.25. The molecule has 2 N–H and O–H groups in total. The monoisotopic (exact) mass is 285 g/mol. The Morgan fingerprint density at radius 1 is 1.50 bits per heavy atom. The van der Waals surface area contributed by atoms with Gasteiger partial charge in [0, 0.05) is 12.6 Å². The average Bonchev–Trinajstić information content (AvgIpc) is 2.90. The van der Waals surface area contributed by atoms with Crippen LogP contribution >= 0.6 is 0 Å². The Kier molecular flexibility index (Phi) is 2.30. The van der Waals surface area contributed by atoms with Gasteiger partial charge in [0.15, 0.2) is 5.65 Å². The summed E-state index contributed by atoms with van der Waals surface area (Å²) >= 11 is 0. The van der Waals surface area contributed by atoms with Crippen molar-refractivity contribution in [3.63, 3.8) is 0 Å². The predicted octanol–water partition coefficient (Wildman–Crippen LogP) is 1.45. The lowest BCUT2D eigenvalue weighted by Crippen LogP contribution is -2.46. The number of primary amides is 1. The maximum Gasteiger partial charge on any atom is 0.401 e. The van der Waals surface area contributed by atoms with Gasteiger partial charge in [-0.3, -0.25) is 4.90 Å². The summed E-state index contributed by atoms with van der Waals surface area (Å²) in [7, 11) is 0. The van der Waals surface area contributed by atoms with E-state index in [1.54, 1.807) is 0 Å². The smallest absolute Gasteiger partial charge is 0.351 e. The zero-order chi connectivity index (χ0) is 14.7. The zero-order valence-corrected chi connectivity index (χ0v) is 10.3. The molecule has 3 heterocycles. The molecule has 0 saturated heterocycles. The molecular weight excluding hydrogens is 275 g/mol. The maximum atomic E-state index is 13.5. The number of nitrogens with two attached hydrogens (primary N) is 1. The van der Waals surface area contributed by atoms with Gasteiger partial charge < -0.3 is 5.73 Å². The quantitative estimate of drug-likeness (QED) is 0.796. The number of halogens is 3. The molecule has 0 spiro atoms. The van der Waals surface area contributed by atoms with Gasteiger partial charge in [-0.25, -0.2) is 14.3 Å². The van der Waals surface area contributed by atoms with Gasteiger partial charge in [0.05, 0.1) is 23.8 Å². The highest BCUT2D eigenvalue weighted by Gasteiger charge is 2.60. The summed E-state index contributed by atoms with van der Waals surface area (Å²) in [5.41, 5.74) is 3.11. The third-order valence-electron chi connectivity index (χ3n) is 3.58. The standard InChI is InChI=1S/C11H10F3N5O/c1-10(11(12,13)14)5-18(9(15)20)6-4-16-7-2-3-17-19(7)8(6)10/h2-4H,5H2,1H3,(H2,15,20). The summed E-state index contributed by atoms with van der Waals surface area (Å²) < 4.78 is 41.5. The lowest BCUT2D eigenvalue weighted by Gasteiger charge is -2.27. The molecule has 9 heteroatoms. The molecule has 1 atom stereocenters. The minimum Gasteiger partial charge on any atom is -0.351 e. The highest BCUT2D eigenvalue weighted by Crippen LogP contribution is 2.49. The van der Waals surface area contributed by atoms with Gasteiger partial charge in [-0.2, -0.15) is 18.3 Å². The molecule has 1 aliphatic heterocycles. The molecule has 0 aliphatic carbocycles. The molecule has 2 aromatic heterocycles. The van der Waals surface area contributed by atoms with E-state index in [0.29, 0.717) is 0 Å². The molecule has 0 bridgehead atoms. The van der Waals surface area contributed by atoms with Crippen molar-refractivity contribution in [2.24, 2.45) is 5.73 Å². The Bertz CT molecular complexity index is 710. The van der Waals surface area contributed by atoms with E-state index in [2.05, 4.69) is 10.1 Å². The molecule has 0 saturated carbocycles. The fraction of sp³-hybridized carbons (Fsp3) is 0.364. The van der Waals surface area contributed by atoms with Crippen LogP contribution in [-0.4, -0.2) is 33.4 Å². The summed E-state index contributed by atoms with van der Waals surface area (Å²) in [6.45, 7) is 0.442. The van der Waals surface area contributed by atoms with Crippen molar-refractivity contribution < 1.29 is 18.0 Å². The number of alkyl halides is 3. The van der Waals surface area contributed by atoms with E-state index in [1.165, 1.54) is 18.5 Å². The van der Waals surface area contributed by atoms with E-state index in [-0.39, 0.29) is 17.0 Å². The van der Waals surface area contributed by atoms with Gasteiger partial charge >= 0.3 is 12.2 Å². The van der Waals surface area contributed by atoms with E-state index < -0.39 is 24.2 Å². The van der Waals surface area contributed by atoms with Crippen molar-refractivity contribution in [3.05, 3.63) is 24.2 Å². The molecule has 0 radical (unpaired) electrons. The van der Waals surface area contributed by atoms with E-state index in [4.69, 9.17) is 5.73 Å². The predicted molar refractivity (Wildman–Crippen MR) is 63.3 cm³/mol. The summed E-state index contributed by atoms with van der Waals surface area (Å²) in [6, 6.07) is 0.539. The molecule has 0 fully saturated rings. The Morgan fingerprint density at radius 3 is 2.80 bits per heavy atom. The summed E-state index contributed by atoms with van der Waals surface area (Å²) in [4.78, 5) is 16.2. The second kappa shape index (κ2) is 3.62. The minimum absolute atomic E-state index is 0.0357. The zero-order valence-electron chi connectivity index (χ0n) is 10.3. The van der Waals surface area contributed by atoms with Crippen LogP contribution in [0.2, 0.25) is 0 Å². The second-order valence-corrected chi connectivity index (χ2v) is 4.85. The molecule has 1 unspecified atom stereocenters. The highest BCUT2D eigenvalue weighted by atomic mass is 19.4. The number of urea groups is 1. The fourth-order valence-electron chi connectivity index (χ4n) is 2.47. The number of aromatic nitrogens is 3. The third-order valence-corrected chi connectivity index (χ3v) is 3.58.